The van der Waals surface area contributed by atoms with Crippen LogP contribution in [0.1, 0.15) is 20.8 Å². The van der Waals surface area contributed by atoms with Crippen molar-refractivity contribution in [1.82, 2.24) is 9.62 Å². The summed E-state index contributed by atoms with van der Waals surface area (Å²) in [5, 5.41) is 2.42. The van der Waals surface area contributed by atoms with Crippen molar-refractivity contribution in [2.75, 3.05) is 20.1 Å². The summed E-state index contributed by atoms with van der Waals surface area (Å²) in [7, 11) is 2.66. The van der Waals surface area contributed by atoms with Crippen LogP contribution >= 0.6 is 10.7 Å². The quantitative estimate of drug-likeness (QED) is 0.773. The number of carbonyl (C=O) groups is 1. The monoisotopic (exact) mass is 272 g/mol. The van der Waals surface area contributed by atoms with Gasteiger partial charge in [-0.15, -0.1) is 0 Å². The molecule has 0 aromatic carbocycles. The lowest BCUT2D eigenvalue weighted by Crippen LogP contribution is -2.37. The minimum atomic E-state index is -3.72. The van der Waals surface area contributed by atoms with Gasteiger partial charge in [-0.2, -0.15) is 12.7 Å². The Morgan fingerprint density at radius 3 is 2.31 bits per heavy atom. The van der Waals surface area contributed by atoms with Crippen molar-refractivity contribution < 1.29 is 17.9 Å². The van der Waals surface area contributed by atoms with Crippen LogP contribution in [0.25, 0.3) is 0 Å². The van der Waals surface area contributed by atoms with Crippen molar-refractivity contribution in [3.8, 4) is 0 Å². The minimum absolute atomic E-state index is 0.0884. The smallest absolute Gasteiger partial charge is 0.407 e. The number of rotatable bonds is 4. The van der Waals surface area contributed by atoms with E-state index in [1.807, 2.05) is 0 Å². The zero-order valence-corrected chi connectivity index (χ0v) is 11.4. The average Bonchev–Trinajstić information content (AvgIpc) is 1.98. The minimum Gasteiger partial charge on any atom is -0.444 e. The second-order valence-electron chi connectivity index (χ2n) is 4.19. The predicted molar refractivity (Wildman–Crippen MR) is 61.6 cm³/mol. The van der Waals surface area contributed by atoms with Crippen molar-refractivity contribution in [3.63, 3.8) is 0 Å². The zero-order valence-electron chi connectivity index (χ0n) is 9.78. The summed E-state index contributed by atoms with van der Waals surface area (Å²) < 4.78 is 27.4. The fourth-order valence-corrected chi connectivity index (χ4v) is 1.26. The van der Waals surface area contributed by atoms with Crippen molar-refractivity contribution in [2.24, 2.45) is 0 Å². The third-order valence-electron chi connectivity index (χ3n) is 1.47. The van der Waals surface area contributed by atoms with E-state index < -0.39 is 20.9 Å². The maximum atomic E-state index is 11.2. The number of carbonyl (C=O) groups excluding carboxylic acids is 1. The van der Waals surface area contributed by atoms with Crippen LogP contribution in [0, 0.1) is 0 Å². The number of halogens is 1. The first-order chi connectivity index (χ1) is 7.02. The number of alkyl carbamates (subject to hydrolysis) is 1. The van der Waals surface area contributed by atoms with Crippen LogP contribution in [-0.4, -0.2) is 44.6 Å². The van der Waals surface area contributed by atoms with Crippen molar-refractivity contribution >= 4 is 26.0 Å². The Balaban J connectivity index is 3.88. The van der Waals surface area contributed by atoms with E-state index in [2.05, 4.69) is 5.32 Å². The van der Waals surface area contributed by atoms with Crippen LogP contribution in [0.15, 0.2) is 0 Å². The summed E-state index contributed by atoms with van der Waals surface area (Å²) in [4.78, 5) is 11.2. The molecule has 8 heteroatoms. The fraction of sp³-hybridized carbons (Fsp3) is 0.875. The Morgan fingerprint density at radius 1 is 1.44 bits per heavy atom. The van der Waals surface area contributed by atoms with Gasteiger partial charge in [0.2, 0.25) is 0 Å². The number of likely N-dealkylation sites (N-methyl/N-ethyl adjacent to an activating group) is 1. The van der Waals surface area contributed by atoms with E-state index in [0.29, 0.717) is 0 Å². The van der Waals surface area contributed by atoms with Crippen LogP contribution in [0.4, 0.5) is 4.79 Å². The molecule has 0 unspecified atom stereocenters. The number of hydrogen-bond acceptors (Lipinski definition) is 4. The average molecular weight is 273 g/mol. The van der Waals surface area contributed by atoms with Crippen LogP contribution in [0.3, 0.4) is 0 Å². The third-order valence-corrected chi connectivity index (χ3v) is 3.10. The fourth-order valence-electron chi connectivity index (χ4n) is 0.739. The van der Waals surface area contributed by atoms with Crippen LogP contribution in [-0.2, 0) is 14.0 Å². The summed E-state index contributed by atoms with van der Waals surface area (Å²) in [5.41, 5.74) is -0.575. The maximum Gasteiger partial charge on any atom is 0.407 e. The summed E-state index contributed by atoms with van der Waals surface area (Å²) in [6.07, 6.45) is -0.590. The first-order valence-corrected chi connectivity index (χ1v) is 6.92. The number of hydrogen-bond donors (Lipinski definition) is 1. The summed E-state index contributed by atoms with van der Waals surface area (Å²) >= 11 is 0. The zero-order chi connectivity index (χ0) is 13.0. The van der Waals surface area contributed by atoms with Gasteiger partial charge < -0.3 is 10.1 Å². The Labute approximate surface area is 100 Å². The molecular formula is C8H17ClN2O4S. The maximum absolute atomic E-state index is 11.2. The highest BCUT2D eigenvalue weighted by atomic mass is 35.7. The van der Waals surface area contributed by atoms with Gasteiger partial charge in [0.1, 0.15) is 5.60 Å². The second kappa shape index (κ2) is 5.70. The molecule has 0 fully saturated rings. The molecule has 0 aromatic rings. The molecule has 0 aliphatic rings. The normalized spacial score (nSPS) is 12.6. The van der Waals surface area contributed by atoms with Crippen molar-refractivity contribution in [2.45, 2.75) is 26.4 Å². The Bertz CT molecular complexity index is 336. The standard InChI is InChI=1S/C8H17ClN2O4S/c1-8(2,3)15-7(12)10-5-6-11(4)16(9,13)14/h5-6H2,1-4H3,(H,10,12). The molecule has 16 heavy (non-hydrogen) atoms. The van der Waals surface area contributed by atoms with Crippen LogP contribution in [0.2, 0.25) is 0 Å². The highest BCUT2D eigenvalue weighted by molar-refractivity contribution is 8.11. The van der Waals surface area contributed by atoms with Gasteiger partial charge >= 0.3 is 6.09 Å². The lowest BCUT2D eigenvalue weighted by molar-refractivity contribution is 0.0526. The number of nitrogens with zero attached hydrogens (tertiary/aromatic N) is 1. The van der Waals surface area contributed by atoms with E-state index >= 15 is 0 Å². The highest BCUT2D eigenvalue weighted by Gasteiger charge is 2.17. The first kappa shape index (κ1) is 15.5. The van der Waals surface area contributed by atoms with Gasteiger partial charge in [0.05, 0.1) is 0 Å². The van der Waals surface area contributed by atoms with E-state index in [4.69, 9.17) is 15.4 Å². The second-order valence-corrected chi connectivity index (χ2v) is 6.81. The van der Waals surface area contributed by atoms with Crippen LogP contribution < -0.4 is 5.32 Å². The molecule has 1 N–H and O–H groups in total. The molecule has 0 rings (SSSR count). The van der Waals surface area contributed by atoms with Gasteiger partial charge in [-0.1, -0.05) is 0 Å². The van der Waals surface area contributed by atoms with Gasteiger partial charge in [-0.05, 0) is 20.8 Å². The first-order valence-electron chi connectivity index (χ1n) is 4.65. The van der Waals surface area contributed by atoms with E-state index in [-0.39, 0.29) is 13.1 Å². The topological polar surface area (TPSA) is 75.7 Å². The molecule has 1 amide bonds. The SMILES string of the molecule is CN(CCNC(=O)OC(C)(C)C)S(=O)(=O)Cl. The molecule has 96 valence electrons. The van der Waals surface area contributed by atoms with Gasteiger partial charge in [-0.3, -0.25) is 0 Å². The molecular weight excluding hydrogens is 256 g/mol. The molecule has 0 spiro atoms. The van der Waals surface area contributed by atoms with E-state index in [9.17, 15) is 13.2 Å². The van der Waals surface area contributed by atoms with E-state index in [0.717, 1.165) is 4.31 Å². The molecule has 0 bridgehead atoms. The Morgan fingerprint density at radius 2 is 1.94 bits per heavy atom. The lowest BCUT2D eigenvalue weighted by atomic mass is 10.2. The summed E-state index contributed by atoms with van der Waals surface area (Å²) in [5.74, 6) is 0. The summed E-state index contributed by atoms with van der Waals surface area (Å²) in [6, 6.07) is 0. The van der Waals surface area contributed by atoms with Crippen molar-refractivity contribution in [3.05, 3.63) is 0 Å². The van der Waals surface area contributed by atoms with Crippen molar-refractivity contribution in [1.29, 1.82) is 0 Å². The number of amides is 1. The Kier molecular flexibility index (Phi) is 5.51. The van der Waals surface area contributed by atoms with Gasteiger partial charge in [-0.25, -0.2) is 4.79 Å². The van der Waals surface area contributed by atoms with E-state index in [1.54, 1.807) is 20.8 Å². The van der Waals surface area contributed by atoms with Gasteiger partial charge in [0.25, 0.3) is 9.24 Å². The molecule has 0 atom stereocenters. The molecule has 0 aliphatic carbocycles. The molecule has 0 heterocycles. The van der Waals surface area contributed by atoms with Gasteiger partial charge in [0, 0.05) is 30.8 Å². The van der Waals surface area contributed by atoms with Crippen LogP contribution in [0.5, 0.6) is 0 Å². The molecule has 0 aliphatic heterocycles. The van der Waals surface area contributed by atoms with E-state index in [1.165, 1.54) is 7.05 Å². The largest absolute Gasteiger partial charge is 0.444 e. The highest BCUT2D eigenvalue weighted by Crippen LogP contribution is 2.06. The molecule has 0 radical (unpaired) electrons. The lowest BCUT2D eigenvalue weighted by Gasteiger charge is -2.20. The Hall–Kier alpha value is -0.530. The molecule has 0 saturated heterocycles. The molecule has 0 saturated carbocycles. The molecule has 6 nitrogen and oxygen atoms in total. The molecule has 0 aromatic heterocycles. The third kappa shape index (κ3) is 7.72. The summed E-state index contributed by atoms with van der Waals surface area (Å²) in [6.45, 7) is 5.44. The number of ether oxygens (including phenoxy) is 1. The number of nitrogens with one attached hydrogen (secondary N) is 1. The predicted octanol–water partition coefficient (Wildman–Crippen LogP) is 0.926. The van der Waals surface area contributed by atoms with Gasteiger partial charge in [0.15, 0.2) is 0 Å².